The number of aliphatic hydroxyl groups is 2. The lowest BCUT2D eigenvalue weighted by Gasteiger charge is -2.58. The number of hydrogen-bond donors (Lipinski definition) is 2. The van der Waals surface area contributed by atoms with Crippen molar-refractivity contribution in [1.29, 1.82) is 0 Å². The zero-order chi connectivity index (χ0) is 15.9. The first-order valence-corrected chi connectivity index (χ1v) is 8.88. The Bertz CT molecular complexity index is 668. The van der Waals surface area contributed by atoms with E-state index in [2.05, 4.69) is 0 Å². The van der Waals surface area contributed by atoms with E-state index in [1.165, 1.54) is 33.7 Å². The summed E-state index contributed by atoms with van der Waals surface area (Å²) >= 11 is 0. The van der Waals surface area contributed by atoms with Gasteiger partial charge in [0.05, 0.1) is 18.8 Å². The molecule has 1 spiro atoms. The number of likely N-dealkylation sites (N-methyl/N-ethyl adjacent to an activating group) is 1. The molecule has 4 aliphatic heterocycles. The second-order valence-electron chi connectivity index (χ2n) is 5.82. The van der Waals surface area contributed by atoms with Crippen molar-refractivity contribution in [2.24, 2.45) is 0 Å². The number of carbonyl (C=O) groups excluding carboxylic acids is 2. The monoisotopic (exact) mass is 344 g/mol. The van der Waals surface area contributed by atoms with Crippen LogP contribution in [-0.2, 0) is 9.59 Å². The van der Waals surface area contributed by atoms with E-state index in [-0.39, 0.29) is 12.3 Å². The highest BCUT2D eigenvalue weighted by atomic mass is 33.1. The molecule has 22 heavy (non-hydrogen) atoms. The van der Waals surface area contributed by atoms with Gasteiger partial charge < -0.3 is 20.0 Å². The minimum Gasteiger partial charge on any atom is -0.392 e. The molecule has 5 aliphatic rings. The second-order valence-corrected chi connectivity index (χ2v) is 8.50. The van der Waals surface area contributed by atoms with Gasteiger partial charge in [-0.3, -0.25) is 9.59 Å². The highest BCUT2D eigenvalue weighted by Gasteiger charge is 2.73. The van der Waals surface area contributed by atoms with Crippen LogP contribution in [-0.4, -0.2) is 67.4 Å². The van der Waals surface area contributed by atoms with Crippen molar-refractivity contribution < 1.29 is 24.2 Å². The average Bonchev–Trinajstić information content (AvgIpc) is 2.81. The van der Waals surface area contributed by atoms with E-state index in [1.807, 2.05) is 0 Å². The summed E-state index contributed by atoms with van der Waals surface area (Å²) in [5.74, 6) is -1.27. The Hall–Kier alpha value is -1.03. The highest BCUT2D eigenvalue weighted by molar-refractivity contribution is 8.78. The van der Waals surface area contributed by atoms with E-state index in [4.69, 9.17) is 0 Å². The number of aliphatic hydroxyl groups excluding tert-OH is 2. The number of piperazine rings is 1. The minimum absolute atomic E-state index is 0.185. The smallest absolute Gasteiger partial charge is 0.264 e. The molecule has 0 aromatic carbocycles. The molecule has 0 saturated carbocycles. The Kier molecular flexibility index (Phi) is 2.83. The SMILES string of the molecule is CN1C(=O)[C@]23CC4=CC(F)=C[C@H](O)[C@H]4N2C(=O)[C@@]1(CO)SS3. The standard InChI is InChI=1S/C13H13FN2O4S2/c1-15-10(19)12-4-6-2-7(14)3-8(18)9(6)16(12)11(20)13(15,5-17)22-21-12/h2-3,8-9,17-18H,4-5H2,1H3/t8-,9-,12+,13+/m0/s1. The van der Waals surface area contributed by atoms with Gasteiger partial charge in [0.2, 0.25) is 4.87 Å². The maximum Gasteiger partial charge on any atom is 0.264 e. The average molecular weight is 344 g/mol. The maximum absolute atomic E-state index is 13.6. The van der Waals surface area contributed by atoms with E-state index in [0.717, 1.165) is 16.9 Å². The van der Waals surface area contributed by atoms with Gasteiger partial charge in [-0.05, 0) is 28.5 Å². The van der Waals surface area contributed by atoms with Crippen LogP contribution in [0.25, 0.3) is 0 Å². The minimum atomic E-state index is -1.38. The van der Waals surface area contributed by atoms with Gasteiger partial charge in [0, 0.05) is 13.5 Å². The van der Waals surface area contributed by atoms with Crippen molar-refractivity contribution in [2.75, 3.05) is 13.7 Å². The Morgan fingerprint density at radius 1 is 1.41 bits per heavy atom. The van der Waals surface area contributed by atoms with Crippen molar-refractivity contribution >= 4 is 33.4 Å². The lowest BCUT2D eigenvalue weighted by Crippen LogP contribution is -2.77. The van der Waals surface area contributed by atoms with Crippen LogP contribution >= 0.6 is 21.6 Å². The summed E-state index contributed by atoms with van der Waals surface area (Å²) in [6.07, 6.45) is 1.32. The van der Waals surface area contributed by atoms with Gasteiger partial charge in [-0.1, -0.05) is 10.8 Å². The normalized spacial score (nSPS) is 43.1. The molecular weight excluding hydrogens is 331 g/mol. The van der Waals surface area contributed by atoms with E-state index in [1.54, 1.807) is 0 Å². The Balaban J connectivity index is 1.89. The fraction of sp³-hybridized carbons (Fsp3) is 0.538. The molecule has 4 heterocycles. The Labute approximate surface area is 133 Å². The summed E-state index contributed by atoms with van der Waals surface area (Å²) in [5.41, 5.74) is 0.534. The predicted octanol–water partition coefficient (Wildman–Crippen LogP) is -0.00650. The quantitative estimate of drug-likeness (QED) is 0.652. The van der Waals surface area contributed by atoms with Crippen LogP contribution in [0.1, 0.15) is 6.42 Å². The predicted molar refractivity (Wildman–Crippen MR) is 79.0 cm³/mol. The largest absolute Gasteiger partial charge is 0.392 e. The van der Waals surface area contributed by atoms with Crippen molar-refractivity contribution in [3.05, 3.63) is 23.6 Å². The van der Waals surface area contributed by atoms with Crippen molar-refractivity contribution in [3.8, 4) is 0 Å². The molecule has 4 atom stereocenters. The Morgan fingerprint density at radius 2 is 2.14 bits per heavy atom. The van der Waals surface area contributed by atoms with Crippen LogP contribution in [0.5, 0.6) is 0 Å². The molecule has 2 N–H and O–H groups in total. The molecule has 4 saturated heterocycles. The van der Waals surface area contributed by atoms with Crippen molar-refractivity contribution in [3.63, 3.8) is 0 Å². The molecule has 1 aliphatic carbocycles. The third-order valence-electron chi connectivity index (χ3n) is 4.73. The Morgan fingerprint density at radius 3 is 2.82 bits per heavy atom. The van der Waals surface area contributed by atoms with E-state index < -0.39 is 40.2 Å². The van der Waals surface area contributed by atoms with Crippen LogP contribution in [0.3, 0.4) is 0 Å². The van der Waals surface area contributed by atoms with Gasteiger partial charge in [0.25, 0.3) is 11.8 Å². The summed E-state index contributed by atoms with van der Waals surface area (Å²) in [6, 6.07) is -0.746. The van der Waals surface area contributed by atoms with Gasteiger partial charge in [0.15, 0.2) is 4.87 Å². The lowest BCUT2D eigenvalue weighted by molar-refractivity contribution is -0.168. The van der Waals surface area contributed by atoms with Gasteiger partial charge in [-0.25, -0.2) is 4.39 Å². The van der Waals surface area contributed by atoms with Gasteiger partial charge in [-0.15, -0.1) is 0 Å². The topological polar surface area (TPSA) is 81.1 Å². The summed E-state index contributed by atoms with van der Waals surface area (Å²) in [5, 5.41) is 19.9. The van der Waals surface area contributed by atoms with Gasteiger partial charge >= 0.3 is 0 Å². The molecule has 118 valence electrons. The number of halogens is 1. The molecule has 2 bridgehead atoms. The number of nitrogens with zero attached hydrogens (tertiary/aromatic N) is 2. The van der Waals surface area contributed by atoms with Crippen LogP contribution < -0.4 is 0 Å². The van der Waals surface area contributed by atoms with Gasteiger partial charge in [0.1, 0.15) is 5.83 Å². The number of rotatable bonds is 1. The molecule has 4 fully saturated rings. The summed E-state index contributed by atoms with van der Waals surface area (Å²) < 4.78 is 13.6. The lowest BCUT2D eigenvalue weighted by atomic mass is 9.96. The fourth-order valence-electron chi connectivity index (χ4n) is 3.61. The first-order valence-electron chi connectivity index (χ1n) is 6.73. The molecular formula is C13H13FN2O4S2. The van der Waals surface area contributed by atoms with E-state index in [9.17, 15) is 24.2 Å². The first-order chi connectivity index (χ1) is 10.4. The molecule has 0 unspecified atom stereocenters. The molecule has 0 radical (unpaired) electrons. The third-order valence-corrected chi connectivity index (χ3v) is 8.37. The number of carbonyl (C=O) groups is 2. The molecule has 5 rings (SSSR count). The van der Waals surface area contributed by atoms with Crippen LogP contribution in [0.2, 0.25) is 0 Å². The van der Waals surface area contributed by atoms with E-state index >= 15 is 0 Å². The molecule has 0 aromatic heterocycles. The first kappa shape index (κ1) is 14.6. The number of amides is 2. The summed E-state index contributed by atoms with van der Waals surface area (Å²) in [7, 11) is 3.86. The number of hydrogen-bond acceptors (Lipinski definition) is 6. The van der Waals surface area contributed by atoms with Crippen LogP contribution in [0.15, 0.2) is 23.6 Å². The zero-order valence-corrected chi connectivity index (χ0v) is 13.2. The zero-order valence-electron chi connectivity index (χ0n) is 11.5. The van der Waals surface area contributed by atoms with Gasteiger partial charge in [-0.2, -0.15) is 0 Å². The van der Waals surface area contributed by atoms with Crippen LogP contribution in [0, 0.1) is 0 Å². The number of fused-ring (bicyclic) bond motifs is 3. The second kappa shape index (κ2) is 4.28. The molecule has 2 amide bonds. The maximum atomic E-state index is 13.6. The van der Waals surface area contributed by atoms with E-state index in [0.29, 0.717) is 5.57 Å². The highest BCUT2D eigenvalue weighted by Crippen LogP contribution is 2.64. The summed E-state index contributed by atoms with van der Waals surface area (Å²) in [4.78, 5) is 25.8. The third kappa shape index (κ3) is 1.41. The molecule has 9 heteroatoms. The van der Waals surface area contributed by atoms with Crippen LogP contribution in [0.4, 0.5) is 4.39 Å². The molecule has 6 nitrogen and oxygen atoms in total. The van der Waals surface area contributed by atoms with Crippen molar-refractivity contribution in [1.82, 2.24) is 9.80 Å². The summed E-state index contributed by atoms with van der Waals surface area (Å²) in [6.45, 7) is -0.510. The van der Waals surface area contributed by atoms with Crippen molar-refractivity contribution in [2.45, 2.75) is 28.3 Å². The number of allylic oxidation sites excluding steroid dienone is 2. The molecule has 0 aromatic rings. The fourth-order valence-corrected chi connectivity index (χ4v) is 7.18.